The van der Waals surface area contributed by atoms with Gasteiger partial charge in [-0.1, -0.05) is 35.3 Å². The molecule has 1 saturated heterocycles. The van der Waals surface area contributed by atoms with E-state index in [9.17, 15) is 9.59 Å². The molecule has 7 heteroatoms. The minimum absolute atomic E-state index is 0.0159. The number of carbonyl (C=O) groups excluding carboxylic acids is 2. The molecule has 2 heterocycles. The summed E-state index contributed by atoms with van der Waals surface area (Å²) in [5.41, 5.74) is 4.81. The number of furan rings is 1. The summed E-state index contributed by atoms with van der Waals surface area (Å²) in [6.07, 6.45) is 1.42. The third-order valence-electron chi connectivity index (χ3n) is 4.35. The van der Waals surface area contributed by atoms with Crippen LogP contribution >= 0.6 is 23.2 Å². The molecule has 3 aromatic rings. The van der Waals surface area contributed by atoms with E-state index in [1.807, 2.05) is 25.1 Å². The van der Waals surface area contributed by atoms with E-state index < -0.39 is 11.8 Å². The number of hydrazine groups is 1. The number of aryl methyl sites for hydroxylation is 1. The number of nitrogens with zero attached hydrogens (tertiary/aromatic N) is 1. The molecule has 4 rings (SSSR count). The molecule has 28 heavy (non-hydrogen) atoms. The zero-order chi connectivity index (χ0) is 19.8. The summed E-state index contributed by atoms with van der Waals surface area (Å²) in [4.78, 5) is 24.9. The van der Waals surface area contributed by atoms with Gasteiger partial charge < -0.3 is 4.42 Å². The standard InChI is InChI=1S/C21H14Cl2N2O3/c1-12-2-3-13(10-18(12)23)19-9-8-16(28-19)11-17-20(26)24-25(21(17)27)15-6-4-14(22)5-7-15/h2-11H,1H3,(H,24,26)/b17-11+. The summed E-state index contributed by atoms with van der Waals surface area (Å²) >= 11 is 12.0. The van der Waals surface area contributed by atoms with Crippen LogP contribution in [-0.2, 0) is 9.59 Å². The summed E-state index contributed by atoms with van der Waals surface area (Å²) in [5, 5.41) is 2.35. The van der Waals surface area contributed by atoms with E-state index in [0.29, 0.717) is 27.3 Å². The van der Waals surface area contributed by atoms with Crippen molar-refractivity contribution in [2.24, 2.45) is 0 Å². The van der Waals surface area contributed by atoms with E-state index in [0.717, 1.165) is 11.1 Å². The SMILES string of the molecule is Cc1ccc(-c2ccc(/C=C3\C(=O)NN(c4ccc(Cl)cc4)C3=O)o2)cc1Cl. The van der Waals surface area contributed by atoms with Crippen LogP contribution in [0, 0.1) is 6.92 Å². The van der Waals surface area contributed by atoms with Crippen LogP contribution in [-0.4, -0.2) is 11.8 Å². The Bertz CT molecular complexity index is 1120. The number of rotatable bonds is 3. The Kier molecular flexibility index (Phi) is 4.71. The summed E-state index contributed by atoms with van der Waals surface area (Å²) in [6, 6.07) is 15.6. The van der Waals surface area contributed by atoms with Crippen molar-refractivity contribution in [3.05, 3.63) is 81.5 Å². The fourth-order valence-corrected chi connectivity index (χ4v) is 3.11. The lowest BCUT2D eigenvalue weighted by Crippen LogP contribution is -2.35. The van der Waals surface area contributed by atoms with Crippen LogP contribution in [0.5, 0.6) is 0 Å². The first-order chi connectivity index (χ1) is 13.4. The number of amides is 2. The molecule has 2 amide bonds. The van der Waals surface area contributed by atoms with Crippen LogP contribution in [0.4, 0.5) is 5.69 Å². The van der Waals surface area contributed by atoms with E-state index in [1.165, 1.54) is 11.1 Å². The molecule has 1 aromatic heterocycles. The molecule has 0 atom stereocenters. The Morgan fingerprint density at radius 2 is 1.75 bits per heavy atom. The van der Waals surface area contributed by atoms with Crippen LogP contribution in [0.1, 0.15) is 11.3 Å². The van der Waals surface area contributed by atoms with E-state index in [2.05, 4.69) is 5.43 Å². The van der Waals surface area contributed by atoms with Crippen molar-refractivity contribution in [3.8, 4) is 11.3 Å². The van der Waals surface area contributed by atoms with Crippen molar-refractivity contribution in [3.63, 3.8) is 0 Å². The van der Waals surface area contributed by atoms with Crippen molar-refractivity contribution in [2.45, 2.75) is 6.92 Å². The highest BCUT2D eigenvalue weighted by Gasteiger charge is 2.34. The van der Waals surface area contributed by atoms with Crippen LogP contribution in [0.25, 0.3) is 17.4 Å². The van der Waals surface area contributed by atoms with Gasteiger partial charge in [-0.25, -0.2) is 5.01 Å². The highest BCUT2D eigenvalue weighted by molar-refractivity contribution is 6.32. The Balaban J connectivity index is 1.61. The lowest BCUT2D eigenvalue weighted by Gasteiger charge is -2.14. The second-order valence-corrected chi connectivity index (χ2v) is 7.13. The normalized spacial score (nSPS) is 15.4. The average molecular weight is 413 g/mol. The second kappa shape index (κ2) is 7.19. The Morgan fingerprint density at radius 3 is 2.46 bits per heavy atom. The van der Waals surface area contributed by atoms with E-state index in [1.54, 1.807) is 36.4 Å². The number of benzene rings is 2. The molecule has 5 nitrogen and oxygen atoms in total. The van der Waals surface area contributed by atoms with Gasteiger partial charge in [-0.15, -0.1) is 0 Å². The molecule has 1 fully saturated rings. The minimum atomic E-state index is -0.503. The molecule has 0 saturated carbocycles. The largest absolute Gasteiger partial charge is 0.457 e. The number of nitrogens with one attached hydrogen (secondary N) is 1. The molecule has 2 aromatic carbocycles. The van der Waals surface area contributed by atoms with E-state index in [4.69, 9.17) is 27.6 Å². The van der Waals surface area contributed by atoms with Crippen molar-refractivity contribution in [1.82, 2.24) is 5.43 Å². The number of carbonyl (C=O) groups is 2. The maximum Gasteiger partial charge on any atom is 0.282 e. The summed E-state index contributed by atoms with van der Waals surface area (Å²) in [5.74, 6) is 0.0113. The van der Waals surface area contributed by atoms with Gasteiger partial charge in [0, 0.05) is 15.6 Å². The van der Waals surface area contributed by atoms with Crippen LogP contribution in [0.3, 0.4) is 0 Å². The van der Waals surface area contributed by atoms with Crippen LogP contribution in [0.2, 0.25) is 10.0 Å². The fourth-order valence-electron chi connectivity index (χ4n) is 2.80. The summed E-state index contributed by atoms with van der Waals surface area (Å²) in [7, 11) is 0. The van der Waals surface area contributed by atoms with E-state index >= 15 is 0 Å². The zero-order valence-electron chi connectivity index (χ0n) is 14.7. The first-order valence-corrected chi connectivity index (χ1v) is 9.17. The van der Waals surface area contributed by atoms with Gasteiger partial charge >= 0.3 is 0 Å². The van der Waals surface area contributed by atoms with E-state index in [-0.39, 0.29) is 5.57 Å². The lowest BCUT2D eigenvalue weighted by molar-refractivity contribution is -0.117. The van der Waals surface area contributed by atoms with Gasteiger partial charge in [0.25, 0.3) is 11.8 Å². The molecular formula is C21H14Cl2N2O3. The number of halogens is 2. The third kappa shape index (κ3) is 3.42. The molecule has 140 valence electrons. The van der Waals surface area contributed by atoms with Crippen LogP contribution < -0.4 is 10.4 Å². The maximum atomic E-state index is 12.6. The van der Waals surface area contributed by atoms with Gasteiger partial charge in [0.05, 0.1) is 5.69 Å². The molecule has 0 spiro atoms. The molecule has 0 bridgehead atoms. The zero-order valence-corrected chi connectivity index (χ0v) is 16.2. The monoisotopic (exact) mass is 412 g/mol. The molecule has 1 N–H and O–H groups in total. The average Bonchev–Trinajstić information content (AvgIpc) is 3.25. The minimum Gasteiger partial charge on any atom is -0.457 e. The molecule has 0 aliphatic carbocycles. The van der Waals surface area contributed by atoms with Gasteiger partial charge in [-0.3, -0.25) is 15.0 Å². The Hall–Kier alpha value is -3.02. The molecule has 0 unspecified atom stereocenters. The van der Waals surface area contributed by atoms with Gasteiger partial charge in [0.2, 0.25) is 0 Å². The highest BCUT2D eigenvalue weighted by atomic mass is 35.5. The smallest absolute Gasteiger partial charge is 0.282 e. The fraction of sp³-hybridized carbons (Fsp3) is 0.0476. The van der Waals surface area contributed by atoms with Gasteiger partial charge in [-0.2, -0.15) is 0 Å². The van der Waals surface area contributed by atoms with Gasteiger partial charge in [0.15, 0.2) is 0 Å². The van der Waals surface area contributed by atoms with Crippen molar-refractivity contribution >= 4 is 46.8 Å². The topological polar surface area (TPSA) is 62.6 Å². The molecule has 1 aliphatic rings. The number of anilines is 1. The third-order valence-corrected chi connectivity index (χ3v) is 5.01. The molecular weight excluding hydrogens is 399 g/mol. The Labute approximate surface area is 171 Å². The highest BCUT2D eigenvalue weighted by Crippen LogP contribution is 2.28. The quantitative estimate of drug-likeness (QED) is 0.484. The van der Waals surface area contributed by atoms with Gasteiger partial charge in [-0.05, 0) is 61.0 Å². The molecule has 0 radical (unpaired) electrons. The maximum absolute atomic E-state index is 12.6. The van der Waals surface area contributed by atoms with Gasteiger partial charge in [0.1, 0.15) is 17.1 Å². The first-order valence-electron chi connectivity index (χ1n) is 8.41. The first kappa shape index (κ1) is 18.3. The Morgan fingerprint density at radius 1 is 1.00 bits per heavy atom. The summed E-state index contributed by atoms with van der Waals surface area (Å²) < 4.78 is 5.78. The van der Waals surface area contributed by atoms with Crippen molar-refractivity contribution < 1.29 is 14.0 Å². The second-order valence-electron chi connectivity index (χ2n) is 6.28. The number of hydrogen-bond donors (Lipinski definition) is 1. The summed E-state index contributed by atoms with van der Waals surface area (Å²) in [6.45, 7) is 1.92. The van der Waals surface area contributed by atoms with Crippen molar-refractivity contribution in [2.75, 3.05) is 5.01 Å². The lowest BCUT2D eigenvalue weighted by atomic mass is 10.1. The number of hydrogen-bond acceptors (Lipinski definition) is 3. The molecule has 1 aliphatic heterocycles. The van der Waals surface area contributed by atoms with Crippen molar-refractivity contribution in [1.29, 1.82) is 0 Å². The predicted octanol–water partition coefficient (Wildman–Crippen LogP) is 5.02. The predicted molar refractivity (Wildman–Crippen MR) is 109 cm³/mol. The van der Waals surface area contributed by atoms with Crippen LogP contribution in [0.15, 0.2) is 64.6 Å².